The lowest BCUT2D eigenvalue weighted by Crippen LogP contribution is -2.39. The van der Waals surface area contributed by atoms with Gasteiger partial charge in [-0.05, 0) is 37.7 Å². The number of carbonyl (C=O) groups is 1. The molecule has 2 aromatic heterocycles. The number of nitrogens with zero attached hydrogens (tertiary/aromatic N) is 2. The van der Waals surface area contributed by atoms with Gasteiger partial charge in [0.1, 0.15) is 11.4 Å². The van der Waals surface area contributed by atoms with E-state index in [2.05, 4.69) is 17.2 Å². The average molecular weight is 349 g/mol. The number of amides is 1. The van der Waals surface area contributed by atoms with E-state index in [0.29, 0.717) is 17.9 Å². The molecule has 3 rings (SSSR count). The molecule has 24 heavy (non-hydrogen) atoms. The first-order valence-electron chi connectivity index (χ1n) is 8.27. The number of aryl methyl sites for hydroxylation is 1. The lowest BCUT2D eigenvalue weighted by atomic mass is 9.89. The van der Waals surface area contributed by atoms with Crippen LogP contribution >= 0.6 is 11.3 Å². The first-order valence-corrected chi connectivity index (χ1v) is 9.09. The molecule has 6 nitrogen and oxygen atoms in total. The molecule has 1 amide bonds. The smallest absolute Gasteiger partial charge is 0.262 e. The SMILES string of the molecule is COC[C@@H](C)NC(=O)Cn1cnc2sc3c(c2c1=O)CC[C@@H](C)C3. The molecule has 0 bridgehead atoms. The highest BCUT2D eigenvalue weighted by atomic mass is 32.1. The Balaban J connectivity index is 1.86. The Morgan fingerprint density at radius 2 is 2.38 bits per heavy atom. The van der Waals surface area contributed by atoms with Gasteiger partial charge in [0.2, 0.25) is 5.91 Å². The monoisotopic (exact) mass is 349 g/mol. The van der Waals surface area contributed by atoms with Gasteiger partial charge in [0, 0.05) is 18.0 Å². The first-order chi connectivity index (χ1) is 11.5. The summed E-state index contributed by atoms with van der Waals surface area (Å²) in [4.78, 5) is 31.4. The highest BCUT2D eigenvalue weighted by Gasteiger charge is 2.23. The molecule has 0 aliphatic heterocycles. The van der Waals surface area contributed by atoms with Crippen molar-refractivity contribution >= 4 is 27.5 Å². The Bertz CT molecular complexity index is 811. The molecule has 0 radical (unpaired) electrons. The van der Waals surface area contributed by atoms with Gasteiger partial charge in [-0.25, -0.2) is 4.98 Å². The molecule has 130 valence electrons. The number of thiophene rings is 1. The van der Waals surface area contributed by atoms with Crippen LogP contribution in [0.25, 0.3) is 10.2 Å². The second-order valence-corrected chi connectivity index (χ2v) is 7.72. The van der Waals surface area contributed by atoms with E-state index < -0.39 is 0 Å². The third kappa shape index (κ3) is 3.37. The number of hydrogen-bond donors (Lipinski definition) is 1. The molecule has 0 aromatic carbocycles. The van der Waals surface area contributed by atoms with Crippen LogP contribution in [-0.4, -0.2) is 35.2 Å². The highest BCUT2D eigenvalue weighted by molar-refractivity contribution is 7.18. The van der Waals surface area contributed by atoms with Crippen molar-refractivity contribution in [2.45, 2.75) is 45.7 Å². The maximum absolute atomic E-state index is 12.8. The quantitative estimate of drug-likeness (QED) is 0.892. The van der Waals surface area contributed by atoms with Crippen LogP contribution in [0.4, 0.5) is 0 Å². The van der Waals surface area contributed by atoms with Gasteiger partial charge in [0.05, 0.1) is 18.3 Å². The maximum atomic E-state index is 12.8. The van der Waals surface area contributed by atoms with Gasteiger partial charge >= 0.3 is 0 Å². The van der Waals surface area contributed by atoms with E-state index in [1.807, 2.05) is 6.92 Å². The minimum Gasteiger partial charge on any atom is -0.383 e. The van der Waals surface area contributed by atoms with Gasteiger partial charge in [-0.15, -0.1) is 11.3 Å². The van der Waals surface area contributed by atoms with Crippen LogP contribution in [0.2, 0.25) is 0 Å². The normalized spacial score (nSPS) is 18.4. The molecule has 0 saturated carbocycles. The van der Waals surface area contributed by atoms with Crippen molar-refractivity contribution in [3.63, 3.8) is 0 Å². The molecular weight excluding hydrogens is 326 g/mol. The summed E-state index contributed by atoms with van der Waals surface area (Å²) < 4.78 is 6.41. The minimum absolute atomic E-state index is 0.0170. The van der Waals surface area contributed by atoms with Crippen molar-refractivity contribution in [3.8, 4) is 0 Å². The zero-order chi connectivity index (χ0) is 17.3. The Kier molecular flexibility index (Phi) is 5.01. The molecule has 0 saturated heterocycles. The number of aromatic nitrogens is 2. The predicted molar refractivity (Wildman–Crippen MR) is 94.5 cm³/mol. The standard InChI is InChI=1S/C17H23N3O3S/c1-10-4-5-12-13(6-10)24-16-15(12)17(22)20(9-18-16)7-14(21)19-11(2)8-23-3/h9-11H,4-8H2,1-3H3,(H,19,21)/t10-,11-/m1/s1. The van der Waals surface area contributed by atoms with Crippen molar-refractivity contribution < 1.29 is 9.53 Å². The minimum atomic E-state index is -0.208. The average Bonchev–Trinajstić information content (AvgIpc) is 2.88. The zero-order valence-corrected chi connectivity index (χ0v) is 15.1. The van der Waals surface area contributed by atoms with E-state index in [0.717, 1.165) is 29.7 Å². The van der Waals surface area contributed by atoms with Crippen LogP contribution in [0.5, 0.6) is 0 Å². The molecule has 2 aromatic rings. The lowest BCUT2D eigenvalue weighted by Gasteiger charge is -2.17. The zero-order valence-electron chi connectivity index (χ0n) is 14.3. The molecular formula is C17H23N3O3S. The third-order valence-electron chi connectivity index (χ3n) is 4.42. The molecule has 0 unspecified atom stereocenters. The van der Waals surface area contributed by atoms with Gasteiger partial charge in [0.15, 0.2) is 0 Å². The molecule has 1 N–H and O–H groups in total. The van der Waals surface area contributed by atoms with E-state index in [1.165, 1.54) is 15.8 Å². The molecule has 0 fully saturated rings. The molecule has 0 spiro atoms. The summed E-state index contributed by atoms with van der Waals surface area (Å²) in [5, 5.41) is 3.53. The number of hydrogen-bond acceptors (Lipinski definition) is 5. The summed E-state index contributed by atoms with van der Waals surface area (Å²) in [6.45, 7) is 4.53. The number of rotatable bonds is 5. The van der Waals surface area contributed by atoms with Crippen molar-refractivity contribution in [2.24, 2.45) is 5.92 Å². The fraction of sp³-hybridized carbons (Fsp3) is 0.588. The van der Waals surface area contributed by atoms with Crippen molar-refractivity contribution in [1.82, 2.24) is 14.9 Å². The van der Waals surface area contributed by atoms with Crippen LogP contribution in [0, 0.1) is 5.92 Å². The van der Waals surface area contributed by atoms with Gasteiger partial charge in [-0.3, -0.25) is 14.2 Å². The number of nitrogens with one attached hydrogen (secondary N) is 1. The Morgan fingerprint density at radius 1 is 1.58 bits per heavy atom. The number of carbonyl (C=O) groups excluding carboxylic acids is 1. The molecule has 1 aliphatic carbocycles. The summed E-state index contributed by atoms with van der Waals surface area (Å²) in [5.74, 6) is 0.446. The number of methoxy groups -OCH3 is 1. The maximum Gasteiger partial charge on any atom is 0.262 e. The second kappa shape index (κ2) is 7.03. The van der Waals surface area contributed by atoms with Crippen LogP contribution < -0.4 is 10.9 Å². The largest absolute Gasteiger partial charge is 0.383 e. The van der Waals surface area contributed by atoms with Crippen molar-refractivity contribution in [1.29, 1.82) is 0 Å². The van der Waals surface area contributed by atoms with Crippen LogP contribution in [0.3, 0.4) is 0 Å². The lowest BCUT2D eigenvalue weighted by molar-refractivity contribution is -0.122. The summed E-state index contributed by atoms with van der Waals surface area (Å²) >= 11 is 1.62. The summed E-state index contributed by atoms with van der Waals surface area (Å²) in [6, 6.07) is -0.0923. The third-order valence-corrected chi connectivity index (χ3v) is 5.58. The van der Waals surface area contributed by atoms with Gasteiger partial charge < -0.3 is 10.1 Å². The van der Waals surface area contributed by atoms with Crippen LogP contribution in [-0.2, 0) is 28.9 Å². The Morgan fingerprint density at radius 3 is 3.12 bits per heavy atom. The van der Waals surface area contributed by atoms with Gasteiger partial charge in [-0.2, -0.15) is 0 Å². The Labute approximate surface area is 144 Å². The van der Waals surface area contributed by atoms with E-state index >= 15 is 0 Å². The van der Waals surface area contributed by atoms with E-state index in [-0.39, 0.29) is 24.1 Å². The molecule has 7 heteroatoms. The highest BCUT2D eigenvalue weighted by Crippen LogP contribution is 2.35. The summed E-state index contributed by atoms with van der Waals surface area (Å²) in [5.41, 5.74) is 1.04. The Hall–Kier alpha value is -1.73. The second-order valence-electron chi connectivity index (χ2n) is 6.63. The molecule has 2 atom stereocenters. The van der Waals surface area contributed by atoms with Gasteiger partial charge in [0.25, 0.3) is 5.56 Å². The topological polar surface area (TPSA) is 73.2 Å². The van der Waals surface area contributed by atoms with Crippen LogP contribution in [0.1, 0.15) is 30.7 Å². The fourth-order valence-electron chi connectivity index (χ4n) is 3.25. The summed E-state index contributed by atoms with van der Waals surface area (Å²) in [7, 11) is 1.59. The molecule has 1 aliphatic rings. The molecule has 2 heterocycles. The predicted octanol–water partition coefficient (Wildman–Crippen LogP) is 1.73. The number of ether oxygens (including phenoxy) is 1. The van der Waals surface area contributed by atoms with E-state index in [1.54, 1.807) is 18.4 Å². The van der Waals surface area contributed by atoms with Crippen molar-refractivity contribution in [2.75, 3.05) is 13.7 Å². The van der Waals surface area contributed by atoms with Crippen LogP contribution in [0.15, 0.2) is 11.1 Å². The van der Waals surface area contributed by atoms with E-state index in [4.69, 9.17) is 4.74 Å². The summed E-state index contributed by atoms with van der Waals surface area (Å²) in [6.07, 6.45) is 4.53. The van der Waals surface area contributed by atoms with Crippen molar-refractivity contribution in [3.05, 3.63) is 27.1 Å². The number of fused-ring (bicyclic) bond motifs is 3. The van der Waals surface area contributed by atoms with E-state index in [9.17, 15) is 9.59 Å². The first kappa shape index (κ1) is 17.1. The fourth-order valence-corrected chi connectivity index (χ4v) is 4.59. The van der Waals surface area contributed by atoms with Gasteiger partial charge in [-0.1, -0.05) is 6.92 Å².